The van der Waals surface area contributed by atoms with Crippen molar-refractivity contribution in [3.63, 3.8) is 0 Å². The van der Waals surface area contributed by atoms with Crippen molar-refractivity contribution in [2.75, 3.05) is 13.6 Å². The number of benzene rings is 1. The fraction of sp³-hybridized carbons (Fsp3) is 0.273. The molecule has 0 aliphatic carbocycles. The molecule has 0 bridgehead atoms. The largest absolute Gasteiger partial charge is 0.508 e. The van der Waals surface area contributed by atoms with Gasteiger partial charge in [-0.3, -0.25) is 9.59 Å². The standard InChI is InChI=1S/C11H14N2O4/c1-12-10(16)2-3-13-11(17)7-4-8(14)6-9(15)5-7/h4-6,14-15H,2-3H2,1H3,(H,12,16)(H,13,17). The molecule has 0 aromatic heterocycles. The number of phenolic OH excluding ortho intramolecular Hbond substituents is 2. The molecular weight excluding hydrogens is 224 g/mol. The summed E-state index contributed by atoms with van der Waals surface area (Å²) in [4.78, 5) is 22.4. The number of amides is 2. The molecule has 0 unspecified atom stereocenters. The van der Waals surface area contributed by atoms with Crippen LogP contribution in [-0.2, 0) is 4.79 Å². The third-order valence-electron chi connectivity index (χ3n) is 2.08. The first kappa shape index (κ1) is 12.8. The van der Waals surface area contributed by atoms with Crippen molar-refractivity contribution in [1.82, 2.24) is 10.6 Å². The van der Waals surface area contributed by atoms with Gasteiger partial charge in [-0.1, -0.05) is 0 Å². The van der Waals surface area contributed by atoms with Gasteiger partial charge in [0.25, 0.3) is 5.91 Å². The average molecular weight is 238 g/mol. The minimum absolute atomic E-state index is 0.138. The predicted molar refractivity (Wildman–Crippen MR) is 60.8 cm³/mol. The molecule has 6 heteroatoms. The second kappa shape index (κ2) is 5.74. The first-order valence-electron chi connectivity index (χ1n) is 5.04. The first-order valence-corrected chi connectivity index (χ1v) is 5.04. The van der Waals surface area contributed by atoms with Gasteiger partial charge < -0.3 is 20.8 Å². The highest BCUT2D eigenvalue weighted by Crippen LogP contribution is 2.20. The molecule has 0 atom stereocenters. The molecule has 1 aromatic rings. The Bertz CT molecular complexity index is 411. The summed E-state index contributed by atoms with van der Waals surface area (Å²) >= 11 is 0. The second-order valence-corrected chi connectivity index (χ2v) is 3.42. The first-order chi connectivity index (χ1) is 8.02. The van der Waals surface area contributed by atoms with Crippen LogP contribution in [0, 0.1) is 0 Å². The van der Waals surface area contributed by atoms with E-state index >= 15 is 0 Å². The van der Waals surface area contributed by atoms with Crippen LogP contribution in [-0.4, -0.2) is 35.6 Å². The molecule has 0 fully saturated rings. The van der Waals surface area contributed by atoms with Gasteiger partial charge in [0.1, 0.15) is 11.5 Å². The highest BCUT2D eigenvalue weighted by molar-refractivity contribution is 5.95. The van der Waals surface area contributed by atoms with E-state index in [2.05, 4.69) is 10.6 Å². The van der Waals surface area contributed by atoms with Crippen molar-refractivity contribution >= 4 is 11.8 Å². The summed E-state index contributed by atoms with van der Waals surface area (Å²) < 4.78 is 0. The zero-order chi connectivity index (χ0) is 12.8. The van der Waals surface area contributed by atoms with E-state index in [1.807, 2.05) is 0 Å². The molecule has 2 amide bonds. The Morgan fingerprint density at radius 3 is 2.29 bits per heavy atom. The van der Waals surface area contributed by atoms with Gasteiger partial charge in [0, 0.05) is 31.6 Å². The lowest BCUT2D eigenvalue weighted by molar-refractivity contribution is -0.120. The Kier molecular flexibility index (Phi) is 4.33. The van der Waals surface area contributed by atoms with Crippen LogP contribution in [0.3, 0.4) is 0 Å². The van der Waals surface area contributed by atoms with Crippen molar-refractivity contribution in [3.05, 3.63) is 23.8 Å². The summed E-state index contributed by atoms with van der Waals surface area (Å²) in [6.45, 7) is 0.189. The van der Waals surface area contributed by atoms with E-state index < -0.39 is 5.91 Å². The smallest absolute Gasteiger partial charge is 0.251 e. The van der Waals surface area contributed by atoms with Gasteiger partial charge in [0.15, 0.2) is 0 Å². The van der Waals surface area contributed by atoms with Crippen molar-refractivity contribution in [2.45, 2.75) is 6.42 Å². The molecule has 17 heavy (non-hydrogen) atoms. The van der Waals surface area contributed by atoms with Crippen LogP contribution in [0.5, 0.6) is 11.5 Å². The molecule has 1 aromatic carbocycles. The Morgan fingerprint density at radius 2 is 1.76 bits per heavy atom. The number of aromatic hydroxyl groups is 2. The molecule has 92 valence electrons. The summed E-state index contributed by atoms with van der Waals surface area (Å²) in [5.41, 5.74) is 0.138. The van der Waals surface area contributed by atoms with Crippen LogP contribution in [0.25, 0.3) is 0 Å². The summed E-state index contributed by atoms with van der Waals surface area (Å²) in [7, 11) is 1.51. The molecule has 0 saturated heterocycles. The maximum atomic E-state index is 11.6. The molecule has 0 saturated carbocycles. The molecule has 0 heterocycles. The summed E-state index contributed by atoms with van der Waals surface area (Å²) in [5.74, 6) is -1.02. The maximum Gasteiger partial charge on any atom is 0.251 e. The van der Waals surface area contributed by atoms with E-state index in [9.17, 15) is 19.8 Å². The van der Waals surface area contributed by atoms with Crippen molar-refractivity contribution in [1.29, 1.82) is 0 Å². The summed E-state index contributed by atoms with van der Waals surface area (Å²) in [6, 6.07) is 3.59. The zero-order valence-corrected chi connectivity index (χ0v) is 9.36. The van der Waals surface area contributed by atoms with E-state index in [0.717, 1.165) is 6.07 Å². The fourth-order valence-corrected chi connectivity index (χ4v) is 1.24. The van der Waals surface area contributed by atoms with Crippen LogP contribution < -0.4 is 10.6 Å². The van der Waals surface area contributed by atoms with Gasteiger partial charge in [-0.05, 0) is 12.1 Å². The topological polar surface area (TPSA) is 98.7 Å². The summed E-state index contributed by atoms with van der Waals surface area (Å²) in [5, 5.41) is 23.3. The summed E-state index contributed by atoms with van der Waals surface area (Å²) in [6.07, 6.45) is 0.174. The third-order valence-corrected chi connectivity index (χ3v) is 2.08. The van der Waals surface area contributed by atoms with Gasteiger partial charge in [-0.25, -0.2) is 0 Å². The lowest BCUT2D eigenvalue weighted by Gasteiger charge is -2.05. The zero-order valence-electron chi connectivity index (χ0n) is 9.36. The Balaban J connectivity index is 2.55. The molecule has 1 rings (SSSR count). The van der Waals surface area contributed by atoms with Crippen molar-refractivity contribution in [2.24, 2.45) is 0 Å². The van der Waals surface area contributed by atoms with Gasteiger partial charge >= 0.3 is 0 Å². The van der Waals surface area contributed by atoms with Crippen LogP contribution in [0.15, 0.2) is 18.2 Å². The van der Waals surface area contributed by atoms with Gasteiger partial charge in [0.05, 0.1) is 0 Å². The highest BCUT2D eigenvalue weighted by atomic mass is 16.3. The van der Waals surface area contributed by atoms with Crippen LogP contribution in [0.4, 0.5) is 0 Å². The molecular formula is C11H14N2O4. The van der Waals surface area contributed by atoms with E-state index in [0.29, 0.717) is 0 Å². The fourth-order valence-electron chi connectivity index (χ4n) is 1.24. The van der Waals surface area contributed by atoms with E-state index in [-0.39, 0.29) is 35.9 Å². The quantitative estimate of drug-likeness (QED) is 0.591. The number of hydrogen-bond acceptors (Lipinski definition) is 4. The number of phenols is 2. The molecule has 0 spiro atoms. The van der Waals surface area contributed by atoms with Crippen LogP contribution >= 0.6 is 0 Å². The number of carbonyl (C=O) groups excluding carboxylic acids is 2. The highest BCUT2D eigenvalue weighted by Gasteiger charge is 2.08. The van der Waals surface area contributed by atoms with Crippen molar-refractivity contribution in [3.8, 4) is 11.5 Å². The number of nitrogens with one attached hydrogen (secondary N) is 2. The van der Waals surface area contributed by atoms with Crippen LogP contribution in [0.2, 0.25) is 0 Å². The Labute approximate surface area is 98.3 Å². The van der Waals surface area contributed by atoms with E-state index in [1.165, 1.54) is 19.2 Å². The van der Waals surface area contributed by atoms with Gasteiger partial charge in [0.2, 0.25) is 5.91 Å². The van der Waals surface area contributed by atoms with Crippen LogP contribution in [0.1, 0.15) is 16.8 Å². The van der Waals surface area contributed by atoms with Gasteiger partial charge in [-0.15, -0.1) is 0 Å². The van der Waals surface area contributed by atoms with Crippen molar-refractivity contribution < 1.29 is 19.8 Å². The molecule has 0 aliphatic heterocycles. The van der Waals surface area contributed by atoms with Gasteiger partial charge in [-0.2, -0.15) is 0 Å². The Morgan fingerprint density at radius 1 is 1.18 bits per heavy atom. The normalized spacial score (nSPS) is 9.71. The number of rotatable bonds is 4. The number of hydrogen-bond donors (Lipinski definition) is 4. The average Bonchev–Trinajstić information content (AvgIpc) is 2.27. The molecule has 0 radical (unpaired) electrons. The lowest BCUT2D eigenvalue weighted by atomic mass is 10.2. The lowest BCUT2D eigenvalue weighted by Crippen LogP contribution is -2.29. The maximum absolute atomic E-state index is 11.6. The Hall–Kier alpha value is -2.24. The van der Waals surface area contributed by atoms with E-state index in [1.54, 1.807) is 0 Å². The van der Waals surface area contributed by atoms with E-state index in [4.69, 9.17) is 0 Å². The monoisotopic (exact) mass is 238 g/mol. The molecule has 0 aliphatic rings. The third kappa shape index (κ3) is 4.02. The molecule has 4 N–H and O–H groups in total. The number of carbonyl (C=O) groups is 2. The SMILES string of the molecule is CNC(=O)CCNC(=O)c1cc(O)cc(O)c1. The minimum Gasteiger partial charge on any atom is -0.508 e. The second-order valence-electron chi connectivity index (χ2n) is 3.42. The molecule has 6 nitrogen and oxygen atoms in total. The predicted octanol–water partition coefficient (Wildman–Crippen LogP) is -0.0363. The minimum atomic E-state index is -0.458.